The molecule has 1 aliphatic heterocycles. The number of hydrogen-bond donors (Lipinski definition) is 3. The van der Waals surface area contributed by atoms with Crippen LogP contribution in [-0.2, 0) is 24.3 Å². The van der Waals surface area contributed by atoms with Gasteiger partial charge in [-0.2, -0.15) is 5.10 Å². The third-order valence-corrected chi connectivity index (χ3v) is 6.40. The van der Waals surface area contributed by atoms with Crippen molar-refractivity contribution in [3.8, 4) is 0 Å². The van der Waals surface area contributed by atoms with Gasteiger partial charge in [0, 0.05) is 30.2 Å². The van der Waals surface area contributed by atoms with E-state index >= 15 is 0 Å². The number of benzene rings is 3. The quantitative estimate of drug-likeness (QED) is 0.376. The number of aryl methyl sites for hydroxylation is 1. The maximum Gasteiger partial charge on any atom is 0.325 e. The number of carbonyl (C=O) groups is 2. The van der Waals surface area contributed by atoms with Crippen LogP contribution in [0.4, 0.5) is 16.2 Å². The molecule has 3 aromatic carbocycles. The first-order valence-corrected chi connectivity index (χ1v) is 11.7. The molecule has 1 unspecified atom stereocenters. The Hall–Kier alpha value is -4.33. The number of para-hydroxylation sites is 1. The molecule has 0 saturated carbocycles. The molecular formula is C27H27N5O3. The van der Waals surface area contributed by atoms with Gasteiger partial charge in [0.25, 0.3) is 0 Å². The van der Waals surface area contributed by atoms with Gasteiger partial charge in [0.05, 0.1) is 17.4 Å². The third-order valence-electron chi connectivity index (χ3n) is 6.40. The monoisotopic (exact) mass is 469 g/mol. The number of hydrogen-bond acceptors (Lipinski definition) is 4. The van der Waals surface area contributed by atoms with Crippen molar-refractivity contribution in [3.63, 3.8) is 0 Å². The molecule has 35 heavy (non-hydrogen) atoms. The largest absolute Gasteiger partial charge is 0.480 e. The summed E-state index contributed by atoms with van der Waals surface area (Å²) in [5.74, 6) is -0.972. The van der Waals surface area contributed by atoms with E-state index in [1.807, 2.05) is 18.2 Å². The molecule has 0 bridgehead atoms. The van der Waals surface area contributed by atoms with Gasteiger partial charge in [-0.1, -0.05) is 54.6 Å². The average Bonchev–Trinajstić information content (AvgIpc) is 3.27. The second kappa shape index (κ2) is 9.89. The van der Waals surface area contributed by atoms with Crippen LogP contribution in [0.2, 0.25) is 0 Å². The molecule has 1 aromatic heterocycles. The van der Waals surface area contributed by atoms with Gasteiger partial charge in [0.1, 0.15) is 6.54 Å². The molecule has 1 aliphatic rings. The van der Waals surface area contributed by atoms with E-state index in [2.05, 4.69) is 57.0 Å². The van der Waals surface area contributed by atoms with E-state index in [0.29, 0.717) is 23.1 Å². The van der Waals surface area contributed by atoms with Crippen LogP contribution in [0, 0.1) is 0 Å². The Labute approximate surface area is 203 Å². The number of aromatic nitrogens is 2. The topological polar surface area (TPSA) is 99.5 Å². The number of carboxylic acid groups (broad SMARTS) is 1. The smallest absolute Gasteiger partial charge is 0.325 e. The minimum Gasteiger partial charge on any atom is -0.480 e. The summed E-state index contributed by atoms with van der Waals surface area (Å²) >= 11 is 0. The minimum atomic E-state index is -0.972. The molecule has 8 heteroatoms. The Morgan fingerprint density at radius 3 is 2.63 bits per heavy atom. The van der Waals surface area contributed by atoms with Crippen molar-refractivity contribution >= 4 is 34.3 Å². The number of nitrogens with zero attached hydrogens (tertiary/aromatic N) is 3. The number of rotatable bonds is 7. The number of anilines is 2. The van der Waals surface area contributed by atoms with E-state index < -0.39 is 5.97 Å². The molecule has 2 amide bonds. The number of nitrogens with one attached hydrogen (secondary N) is 2. The number of aliphatic carboxylic acids is 1. The lowest BCUT2D eigenvalue weighted by Crippen LogP contribution is -2.47. The summed E-state index contributed by atoms with van der Waals surface area (Å²) in [6, 6.07) is 24.0. The highest BCUT2D eigenvalue weighted by Gasteiger charge is 2.26. The number of fused-ring (bicyclic) bond motifs is 2. The first-order valence-electron chi connectivity index (χ1n) is 11.7. The molecule has 0 spiro atoms. The Bertz CT molecular complexity index is 1350. The summed E-state index contributed by atoms with van der Waals surface area (Å²) in [6.45, 7) is 1.04. The Kier molecular flexibility index (Phi) is 6.34. The summed E-state index contributed by atoms with van der Waals surface area (Å²) in [5, 5.41) is 19.9. The van der Waals surface area contributed by atoms with Gasteiger partial charge in [-0.25, -0.2) is 4.79 Å². The number of amides is 2. The van der Waals surface area contributed by atoms with Crippen LogP contribution in [-0.4, -0.2) is 39.5 Å². The van der Waals surface area contributed by atoms with E-state index in [0.717, 1.165) is 19.4 Å². The molecule has 0 fully saturated rings. The zero-order chi connectivity index (χ0) is 24.2. The second-order valence-corrected chi connectivity index (χ2v) is 8.70. The molecule has 3 N–H and O–H groups in total. The first kappa shape index (κ1) is 22.5. The van der Waals surface area contributed by atoms with Gasteiger partial charge >= 0.3 is 12.0 Å². The van der Waals surface area contributed by atoms with E-state index in [1.165, 1.54) is 21.5 Å². The first-order chi connectivity index (χ1) is 17.1. The van der Waals surface area contributed by atoms with E-state index in [1.54, 1.807) is 24.4 Å². The lowest BCUT2D eigenvalue weighted by atomic mass is 9.95. The predicted molar refractivity (Wildman–Crippen MR) is 136 cm³/mol. The zero-order valence-electron chi connectivity index (χ0n) is 19.2. The maximum atomic E-state index is 12.8. The molecule has 0 radical (unpaired) electrons. The summed E-state index contributed by atoms with van der Waals surface area (Å²) in [6.07, 6.45) is 3.49. The highest BCUT2D eigenvalue weighted by atomic mass is 16.4. The van der Waals surface area contributed by atoms with Gasteiger partial charge in [0.15, 0.2) is 0 Å². The average molecular weight is 470 g/mol. The van der Waals surface area contributed by atoms with E-state index in [4.69, 9.17) is 5.11 Å². The van der Waals surface area contributed by atoms with Gasteiger partial charge in [0.2, 0.25) is 0 Å². The lowest BCUT2D eigenvalue weighted by molar-refractivity contribution is -0.137. The number of urea groups is 1. The molecule has 0 aliphatic carbocycles. The number of carboxylic acids is 1. The van der Waals surface area contributed by atoms with Crippen molar-refractivity contribution < 1.29 is 14.7 Å². The summed E-state index contributed by atoms with van der Waals surface area (Å²) in [7, 11) is 0. The highest BCUT2D eigenvalue weighted by Crippen LogP contribution is 2.32. The molecular weight excluding hydrogens is 442 g/mol. The molecule has 1 atom stereocenters. The fraction of sp³-hybridized carbons (Fsp3) is 0.222. The Balaban J connectivity index is 1.29. The third kappa shape index (κ3) is 4.96. The van der Waals surface area contributed by atoms with Crippen LogP contribution in [0.1, 0.15) is 17.5 Å². The van der Waals surface area contributed by atoms with Gasteiger partial charge in [-0.3, -0.25) is 9.48 Å². The normalized spacial score (nSPS) is 15.0. The van der Waals surface area contributed by atoms with Crippen LogP contribution in [0.5, 0.6) is 0 Å². The predicted octanol–water partition coefficient (Wildman–Crippen LogP) is 4.26. The molecule has 4 aromatic rings. The van der Waals surface area contributed by atoms with Crippen LogP contribution in [0.3, 0.4) is 0 Å². The minimum absolute atomic E-state index is 0.157. The lowest BCUT2D eigenvalue weighted by Gasteiger charge is -2.39. The summed E-state index contributed by atoms with van der Waals surface area (Å²) in [5.41, 5.74) is 5.01. The van der Waals surface area contributed by atoms with E-state index in [-0.39, 0.29) is 18.6 Å². The molecule has 8 nitrogen and oxygen atoms in total. The van der Waals surface area contributed by atoms with Crippen molar-refractivity contribution in [1.29, 1.82) is 0 Å². The van der Waals surface area contributed by atoms with Gasteiger partial charge < -0.3 is 20.6 Å². The summed E-state index contributed by atoms with van der Waals surface area (Å²) in [4.78, 5) is 26.3. The summed E-state index contributed by atoms with van der Waals surface area (Å²) < 4.78 is 1.40. The van der Waals surface area contributed by atoms with Gasteiger partial charge in [-0.05, 0) is 42.2 Å². The van der Waals surface area contributed by atoms with Crippen molar-refractivity contribution in [1.82, 2.24) is 15.1 Å². The van der Waals surface area contributed by atoms with E-state index in [9.17, 15) is 9.59 Å². The Morgan fingerprint density at radius 1 is 1.00 bits per heavy atom. The van der Waals surface area contributed by atoms with Crippen LogP contribution in [0.25, 0.3) is 10.9 Å². The van der Waals surface area contributed by atoms with Crippen molar-refractivity contribution in [2.75, 3.05) is 16.8 Å². The van der Waals surface area contributed by atoms with Crippen LogP contribution in [0.15, 0.2) is 79.0 Å². The second-order valence-electron chi connectivity index (χ2n) is 8.70. The van der Waals surface area contributed by atoms with Crippen molar-refractivity contribution in [2.45, 2.75) is 32.0 Å². The Morgan fingerprint density at radius 2 is 1.80 bits per heavy atom. The SMILES string of the molecule is O=C(O)Cn1ncc2c(NC(=O)NCC3CCc4ccccc4N3Cc3ccccc3)cccc21. The van der Waals surface area contributed by atoms with Crippen LogP contribution < -0.4 is 15.5 Å². The fourth-order valence-corrected chi connectivity index (χ4v) is 4.73. The van der Waals surface area contributed by atoms with Crippen molar-refractivity contribution in [2.24, 2.45) is 0 Å². The molecule has 5 rings (SSSR count). The molecule has 178 valence electrons. The van der Waals surface area contributed by atoms with Crippen molar-refractivity contribution in [3.05, 3.63) is 90.1 Å². The number of carbonyl (C=O) groups excluding carboxylic acids is 1. The fourth-order valence-electron chi connectivity index (χ4n) is 4.73. The molecule has 2 heterocycles. The highest BCUT2D eigenvalue weighted by molar-refractivity contribution is 6.00. The molecule has 0 saturated heterocycles. The zero-order valence-corrected chi connectivity index (χ0v) is 19.2. The maximum absolute atomic E-state index is 12.8. The van der Waals surface area contributed by atoms with Gasteiger partial charge in [-0.15, -0.1) is 0 Å². The van der Waals surface area contributed by atoms with Crippen LogP contribution >= 0.6 is 0 Å². The standard InChI is InChI=1S/C27H27N5O3/c33-26(34)18-32-25-12-6-10-23(22(25)16-29-32)30-27(35)28-15-21-14-13-20-9-4-5-11-24(20)31(21)17-19-7-2-1-3-8-19/h1-12,16,21H,13-15,17-18H2,(H,33,34)(H2,28,30,35).